The minimum atomic E-state index is 0.487. The van der Waals surface area contributed by atoms with Crippen molar-refractivity contribution < 1.29 is 0 Å². The second-order valence-electron chi connectivity index (χ2n) is 3.73. The molecule has 0 aliphatic heterocycles. The highest BCUT2D eigenvalue weighted by Gasteiger charge is 2.20. The van der Waals surface area contributed by atoms with Crippen molar-refractivity contribution in [3.8, 4) is 0 Å². The molecule has 1 aliphatic carbocycles. The molecule has 4 heteroatoms. The van der Waals surface area contributed by atoms with E-state index in [0.29, 0.717) is 12.5 Å². The Morgan fingerprint density at radius 3 is 2.71 bits per heavy atom. The quantitative estimate of drug-likeness (QED) is 0.826. The minimum Gasteiger partial charge on any atom is -0.325 e. The Hall–Kier alpha value is -0.480. The van der Waals surface area contributed by atoms with Gasteiger partial charge in [-0.05, 0) is 34.8 Å². The maximum Gasteiger partial charge on any atom is 0.133 e. The zero-order valence-corrected chi connectivity index (χ0v) is 9.63. The lowest BCUT2D eigenvalue weighted by atomic mass is 10.1. The molecular weight excluding hydrogens is 242 g/mol. The summed E-state index contributed by atoms with van der Waals surface area (Å²) in [4.78, 5) is 8.88. The highest BCUT2D eigenvalue weighted by molar-refractivity contribution is 9.10. The molecule has 76 valence electrons. The van der Waals surface area contributed by atoms with Crippen molar-refractivity contribution >= 4 is 15.9 Å². The van der Waals surface area contributed by atoms with Crippen LogP contribution in [0.4, 0.5) is 0 Å². The van der Waals surface area contributed by atoms with Gasteiger partial charge >= 0.3 is 0 Å². The van der Waals surface area contributed by atoms with Gasteiger partial charge in [0.25, 0.3) is 0 Å². The van der Waals surface area contributed by atoms with Gasteiger partial charge in [0.15, 0.2) is 0 Å². The summed E-state index contributed by atoms with van der Waals surface area (Å²) >= 11 is 3.39. The van der Waals surface area contributed by atoms with Crippen LogP contribution in [0.15, 0.2) is 10.7 Å². The number of hydrogen-bond donors (Lipinski definition) is 1. The molecule has 1 aliphatic rings. The van der Waals surface area contributed by atoms with Gasteiger partial charge in [-0.3, -0.25) is 0 Å². The van der Waals surface area contributed by atoms with Crippen molar-refractivity contribution in [2.75, 3.05) is 0 Å². The monoisotopic (exact) mass is 255 g/mol. The Morgan fingerprint density at radius 2 is 2.07 bits per heavy atom. The maximum absolute atomic E-state index is 5.58. The van der Waals surface area contributed by atoms with Crippen molar-refractivity contribution in [2.24, 2.45) is 5.73 Å². The molecule has 0 spiro atoms. The third kappa shape index (κ3) is 2.12. The number of aromatic nitrogens is 2. The summed E-state index contributed by atoms with van der Waals surface area (Å²) in [6, 6.07) is 1.89. The van der Waals surface area contributed by atoms with Crippen LogP contribution >= 0.6 is 15.9 Å². The normalized spacial score (nSPS) is 17.6. The van der Waals surface area contributed by atoms with E-state index >= 15 is 0 Å². The van der Waals surface area contributed by atoms with Crippen LogP contribution in [0.2, 0.25) is 0 Å². The van der Waals surface area contributed by atoms with Crippen molar-refractivity contribution in [1.29, 1.82) is 0 Å². The molecule has 1 aromatic heterocycles. The van der Waals surface area contributed by atoms with Crippen LogP contribution in [-0.4, -0.2) is 9.97 Å². The molecule has 0 aromatic carbocycles. The molecule has 1 saturated carbocycles. The molecule has 0 saturated heterocycles. The number of halogens is 1. The van der Waals surface area contributed by atoms with Crippen molar-refractivity contribution in [2.45, 2.75) is 38.1 Å². The zero-order chi connectivity index (χ0) is 9.97. The van der Waals surface area contributed by atoms with Gasteiger partial charge < -0.3 is 5.73 Å². The van der Waals surface area contributed by atoms with Crippen LogP contribution in [-0.2, 0) is 6.54 Å². The van der Waals surface area contributed by atoms with E-state index in [1.165, 1.54) is 25.7 Å². The van der Waals surface area contributed by atoms with Crippen molar-refractivity contribution in [3.63, 3.8) is 0 Å². The summed E-state index contributed by atoms with van der Waals surface area (Å²) in [7, 11) is 0. The topological polar surface area (TPSA) is 51.8 Å². The Bertz CT molecular complexity index is 321. The molecule has 0 radical (unpaired) electrons. The van der Waals surface area contributed by atoms with E-state index in [2.05, 4.69) is 25.9 Å². The molecule has 0 unspecified atom stereocenters. The smallest absolute Gasteiger partial charge is 0.133 e. The summed E-state index contributed by atoms with van der Waals surface area (Å²) in [6.45, 7) is 0.487. The second-order valence-corrected chi connectivity index (χ2v) is 4.54. The summed E-state index contributed by atoms with van der Waals surface area (Å²) in [5.41, 5.74) is 6.50. The van der Waals surface area contributed by atoms with E-state index in [1.54, 1.807) is 0 Å². The Labute approximate surface area is 92.3 Å². The number of nitrogens with two attached hydrogens (primary N) is 1. The fourth-order valence-electron chi connectivity index (χ4n) is 1.95. The average molecular weight is 256 g/mol. The van der Waals surface area contributed by atoms with E-state index in [9.17, 15) is 0 Å². The van der Waals surface area contributed by atoms with Gasteiger partial charge in [0, 0.05) is 12.5 Å². The SMILES string of the molecule is NCc1cc(Br)nc(C2CCCC2)n1. The van der Waals surface area contributed by atoms with Gasteiger partial charge in [-0.25, -0.2) is 9.97 Å². The minimum absolute atomic E-state index is 0.487. The number of hydrogen-bond acceptors (Lipinski definition) is 3. The van der Waals surface area contributed by atoms with Gasteiger partial charge in [0.05, 0.1) is 5.69 Å². The molecule has 2 rings (SSSR count). The van der Waals surface area contributed by atoms with E-state index in [4.69, 9.17) is 5.73 Å². The lowest BCUT2D eigenvalue weighted by Gasteiger charge is -2.08. The molecule has 1 aromatic rings. The first kappa shape index (κ1) is 10.1. The highest BCUT2D eigenvalue weighted by atomic mass is 79.9. The van der Waals surface area contributed by atoms with Crippen LogP contribution in [0, 0.1) is 0 Å². The fraction of sp³-hybridized carbons (Fsp3) is 0.600. The van der Waals surface area contributed by atoms with Crippen LogP contribution in [0.5, 0.6) is 0 Å². The molecule has 0 amide bonds. The van der Waals surface area contributed by atoms with Gasteiger partial charge in [-0.2, -0.15) is 0 Å². The van der Waals surface area contributed by atoms with E-state index in [0.717, 1.165) is 16.1 Å². The Balaban J connectivity index is 2.27. The molecule has 1 heterocycles. The second kappa shape index (κ2) is 4.36. The van der Waals surface area contributed by atoms with E-state index in [-0.39, 0.29) is 0 Å². The third-order valence-electron chi connectivity index (χ3n) is 2.69. The van der Waals surface area contributed by atoms with Gasteiger partial charge in [0.1, 0.15) is 10.4 Å². The first-order valence-electron chi connectivity index (χ1n) is 5.03. The Kier molecular flexibility index (Phi) is 3.13. The predicted octanol–water partition coefficient (Wildman–Crippen LogP) is 2.36. The molecule has 14 heavy (non-hydrogen) atoms. The summed E-state index contributed by atoms with van der Waals surface area (Å²) in [5, 5.41) is 0. The van der Waals surface area contributed by atoms with E-state index in [1.807, 2.05) is 6.07 Å². The molecule has 1 fully saturated rings. The fourth-order valence-corrected chi connectivity index (χ4v) is 2.40. The summed E-state index contributed by atoms with van der Waals surface area (Å²) in [6.07, 6.45) is 5.05. The molecule has 0 bridgehead atoms. The van der Waals surface area contributed by atoms with Crippen molar-refractivity contribution in [1.82, 2.24) is 9.97 Å². The Morgan fingerprint density at radius 1 is 1.36 bits per heavy atom. The maximum atomic E-state index is 5.58. The highest BCUT2D eigenvalue weighted by Crippen LogP contribution is 2.32. The standard InChI is InChI=1S/C10H14BrN3/c11-9-5-8(6-12)13-10(14-9)7-3-1-2-4-7/h5,7H,1-4,6,12H2. The van der Waals surface area contributed by atoms with Gasteiger partial charge in [-0.15, -0.1) is 0 Å². The van der Waals surface area contributed by atoms with Gasteiger partial charge in [-0.1, -0.05) is 12.8 Å². The third-order valence-corrected chi connectivity index (χ3v) is 3.10. The van der Waals surface area contributed by atoms with Gasteiger partial charge in [0.2, 0.25) is 0 Å². The largest absolute Gasteiger partial charge is 0.325 e. The molecule has 0 atom stereocenters. The lowest BCUT2D eigenvalue weighted by Crippen LogP contribution is -2.07. The summed E-state index contributed by atoms with van der Waals surface area (Å²) in [5.74, 6) is 1.52. The molecule has 2 N–H and O–H groups in total. The predicted molar refractivity (Wildman–Crippen MR) is 58.8 cm³/mol. The van der Waals surface area contributed by atoms with E-state index < -0.39 is 0 Å². The van der Waals surface area contributed by atoms with Crippen LogP contribution in [0.3, 0.4) is 0 Å². The zero-order valence-electron chi connectivity index (χ0n) is 8.04. The average Bonchev–Trinajstić information content (AvgIpc) is 2.69. The lowest BCUT2D eigenvalue weighted by molar-refractivity contribution is 0.657. The summed E-state index contributed by atoms with van der Waals surface area (Å²) < 4.78 is 0.856. The van der Waals surface area contributed by atoms with Crippen molar-refractivity contribution in [3.05, 3.63) is 22.2 Å². The number of rotatable bonds is 2. The first-order valence-corrected chi connectivity index (χ1v) is 5.82. The first-order chi connectivity index (χ1) is 6.79. The molecule has 3 nitrogen and oxygen atoms in total. The van der Waals surface area contributed by atoms with Crippen LogP contribution < -0.4 is 5.73 Å². The van der Waals surface area contributed by atoms with Crippen LogP contribution in [0.1, 0.15) is 43.1 Å². The molecular formula is C10H14BrN3. The van der Waals surface area contributed by atoms with Crippen LogP contribution in [0.25, 0.3) is 0 Å². The number of nitrogens with zero attached hydrogens (tertiary/aromatic N) is 2.